The number of nitrogens with one attached hydrogen (secondary N) is 1. The first-order chi connectivity index (χ1) is 13.9. The van der Waals surface area contributed by atoms with Crippen LogP contribution in [0.4, 0.5) is 0 Å². The molecule has 0 amide bonds. The quantitative estimate of drug-likeness (QED) is 0.480. The Balaban J connectivity index is 1.32. The lowest BCUT2D eigenvalue weighted by Gasteiger charge is -2.02. The fourth-order valence-corrected chi connectivity index (χ4v) is 5.16. The molecule has 1 N–H and O–H groups in total. The zero-order valence-electron chi connectivity index (χ0n) is 15.1. The van der Waals surface area contributed by atoms with E-state index in [1.165, 1.54) is 17.4 Å². The van der Waals surface area contributed by atoms with Crippen LogP contribution < -0.4 is 4.72 Å². The van der Waals surface area contributed by atoms with Gasteiger partial charge in [0.15, 0.2) is 6.61 Å². The van der Waals surface area contributed by atoms with Crippen LogP contribution in [0.25, 0.3) is 10.1 Å². The molecule has 0 fully saturated rings. The minimum atomic E-state index is -3.61. The van der Waals surface area contributed by atoms with Crippen LogP contribution in [0, 0.1) is 0 Å². The van der Waals surface area contributed by atoms with E-state index >= 15 is 0 Å². The van der Waals surface area contributed by atoms with Crippen molar-refractivity contribution >= 4 is 49.0 Å². The van der Waals surface area contributed by atoms with Gasteiger partial charge in [0, 0.05) is 10.3 Å². The number of hydrogen-bond donors (Lipinski definition) is 1. The predicted octanol–water partition coefficient (Wildman–Crippen LogP) is 2.76. The van der Waals surface area contributed by atoms with Crippen LogP contribution in [0.5, 0.6) is 0 Å². The monoisotopic (exact) mass is 428 g/mol. The van der Waals surface area contributed by atoms with Crippen molar-refractivity contribution in [1.29, 1.82) is 0 Å². The van der Waals surface area contributed by atoms with Crippen LogP contribution in [0.3, 0.4) is 0 Å². The van der Waals surface area contributed by atoms with E-state index in [0.717, 1.165) is 10.1 Å². The van der Waals surface area contributed by atoms with Crippen molar-refractivity contribution in [2.24, 2.45) is 4.99 Å². The molecule has 3 aromatic rings. The van der Waals surface area contributed by atoms with Crippen molar-refractivity contribution in [2.45, 2.75) is 11.3 Å². The van der Waals surface area contributed by atoms with Crippen LogP contribution in [0.15, 0.2) is 64.5 Å². The number of Topliss-reactive ketones (excluding diaryl/α,β-unsaturated/α-hetero) is 1. The molecule has 1 aliphatic rings. The number of nitrogens with zero attached hydrogens (tertiary/aromatic N) is 1. The Morgan fingerprint density at radius 1 is 1.07 bits per heavy atom. The summed E-state index contributed by atoms with van der Waals surface area (Å²) in [5.41, 5.74) is 0.473. The highest BCUT2D eigenvalue weighted by Gasteiger charge is 2.30. The highest BCUT2D eigenvalue weighted by Crippen LogP contribution is 2.25. The Morgan fingerprint density at radius 2 is 1.83 bits per heavy atom. The Kier molecular flexibility index (Phi) is 5.16. The zero-order valence-corrected chi connectivity index (χ0v) is 16.8. The molecule has 0 saturated carbocycles. The second-order valence-corrected chi connectivity index (χ2v) is 9.05. The first-order valence-corrected chi connectivity index (χ1v) is 11.1. The van der Waals surface area contributed by atoms with E-state index in [1.807, 2.05) is 24.3 Å². The molecule has 2 aromatic carbocycles. The Labute approximate surface area is 171 Å². The van der Waals surface area contributed by atoms with E-state index in [1.54, 1.807) is 24.3 Å². The molecule has 29 heavy (non-hydrogen) atoms. The van der Waals surface area contributed by atoms with E-state index in [4.69, 9.17) is 4.74 Å². The van der Waals surface area contributed by atoms with Gasteiger partial charge in [0.05, 0.1) is 22.7 Å². The molecule has 4 rings (SSSR count). The number of hydrogen-bond acceptors (Lipinski definition) is 7. The van der Waals surface area contributed by atoms with Crippen molar-refractivity contribution in [3.05, 3.63) is 65.0 Å². The molecule has 0 atom stereocenters. The van der Waals surface area contributed by atoms with E-state index in [-0.39, 0.29) is 36.1 Å². The number of carbonyl (C=O) groups is 2. The van der Waals surface area contributed by atoms with Crippen LogP contribution in [0.1, 0.15) is 21.7 Å². The molecular formula is C20H16N2O5S2. The Hall–Kier alpha value is -3.04. The summed E-state index contributed by atoms with van der Waals surface area (Å²) >= 11 is 1.36. The maximum absolute atomic E-state index is 12.2. The summed E-state index contributed by atoms with van der Waals surface area (Å²) < 4.78 is 32.4. The number of esters is 1. The maximum atomic E-state index is 12.2. The second-order valence-electron chi connectivity index (χ2n) is 6.31. The zero-order chi connectivity index (χ0) is 20.4. The highest BCUT2D eigenvalue weighted by molar-refractivity contribution is 7.90. The summed E-state index contributed by atoms with van der Waals surface area (Å²) in [6, 6.07) is 15.9. The number of benzene rings is 2. The van der Waals surface area contributed by atoms with Gasteiger partial charge in [-0.15, -0.1) is 11.3 Å². The van der Waals surface area contributed by atoms with Gasteiger partial charge in [0.1, 0.15) is 5.84 Å². The van der Waals surface area contributed by atoms with E-state index in [0.29, 0.717) is 10.4 Å². The fourth-order valence-electron chi connectivity index (χ4n) is 2.92. The van der Waals surface area contributed by atoms with Gasteiger partial charge in [0.25, 0.3) is 10.0 Å². The summed E-state index contributed by atoms with van der Waals surface area (Å²) in [6.45, 7) is -0.292. The van der Waals surface area contributed by atoms with Gasteiger partial charge in [-0.2, -0.15) is 0 Å². The molecule has 0 aliphatic carbocycles. The highest BCUT2D eigenvalue weighted by atomic mass is 32.2. The average Bonchev–Trinajstić information content (AvgIpc) is 3.25. The number of fused-ring (bicyclic) bond motifs is 2. The van der Waals surface area contributed by atoms with Crippen LogP contribution in [-0.4, -0.2) is 39.2 Å². The summed E-state index contributed by atoms with van der Waals surface area (Å²) in [7, 11) is -3.61. The van der Waals surface area contributed by atoms with Crippen molar-refractivity contribution in [1.82, 2.24) is 4.72 Å². The summed E-state index contributed by atoms with van der Waals surface area (Å²) in [5.74, 6) is -0.629. The van der Waals surface area contributed by atoms with Crippen molar-refractivity contribution in [3.63, 3.8) is 0 Å². The summed E-state index contributed by atoms with van der Waals surface area (Å²) in [4.78, 5) is 29.0. The van der Waals surface area contributed by atoms with E-state index in [9.17, 15) is 18.0 Å². The third-order valence-corrected chi connectivity index (χ3v) is 6.87. The first kappa shape index (κ1) is 19.3. The van der Waals surface area contributed by atoms with Crippen molar-refractivity contribution < 1.29 is 22.7 Å². The smallest absolute Gasteiger partial charge is 0.308 e. The minimum Gasteiger partial charge on any atom is -0.457 e. The third kappa shape index (κ3) is 4.06. The number of carbonyl (C=O) groups excluding carboxylic acids is 2. The minimum absolute atomic E-state index is 0.0437. The standard InChI is InChI=1S/C20H16N2O5S2/c23-15(17-11-13-5-1-3-7-16(13)28-17)12-27-19(24)9-10-21-20-14-6-2-4-8-18(14)29(25,26)22-20/h1-8,11H,9-10,12H2,(H,21,22). The number of sulfonamides is 1. The normalized spacial score (nSPS) is 15.8. The van der Waals surface area contributed by atoms with Gasteiger partial charge < -0.3 is 4.74 Å². The lowest BCUT2D eigenvalue weighted by Crippen LogP contribution is -2.22. The van der Waals surface area contributed by atoms with Gasteiger partial charge in [-0.05, 0) is 29.7 Å². The molecule has 148 valence electrons. The van der Waals surface area contributed by atoms with Crippen molar-refractivity contribution in [2.75, 3.05) is 13.2 Å². The molecule has 0 spiro atoms. The first-order valence-electron chi connectivity index (χ1n) is 8.78. The van der Waals surface area contributed by atoms with Gasteiger partial charge in [0.2, 0.25) is 5.78 Å². The van der Waals surface area contributed by atoms with Crippen LogP contribution >= 0.6 is 11.3 Å². The number of ketones is 1. The fraction of sp³-hybridized carbons (Fsp3) is 0.150. The Morgan fingerprint density at radius 3 is 2.66 bits per heavy atom. The molecule has 0 radical (unpaired) electrons. The topological polar surface area (TPSA) is 102 Å². The SMILES string of the molecule is O=C(CCN=C1NS(=O)(=O)c2ccccc21)OCC(=O)c1cc2ccccc2s1. The van der Waals surface area contributed by atoms with Crippen molar-refractivity contribution in [3.8, 4) is 0 Å². The molecule has 7 nitrogen and oxygen atoms in total. The largest absolute Gasteiger partial charge is 0.457 e. The number of aliphatic imine (C=N–C) groups is 1. The maximum Gasteiger partial charge on any atom is 0.308 e. The van der Waals surface area contributed by atoms with Crippen LogP contribution in [0.2, 0.25) is 0 Å². The molecule has 0 unspecified atom stereocenters. The molecule has 1 aliphatic heterocycles. The summed E-state index contributed by atoms with van der Waals surface area (Å²) in [6.07, 6.45) is -0.0624. The lowest BCUT2D eigenvalue weighted by atomic mass is 10.2. The third-order valence-electron chi connectivity index (χ3n) is 4.31. The summed E-state index contributed by atoms with van der Waals surface area (Å²) in [5, 5.41) is 0.974. The second kappa shape index (κ2) is 7.76. The van der Waals surface area contributed by atoms with E-state index in [2.05, 4.69) is 9.71 Å². The average molecular weight is 428 g/mol. The molecule has 2 heterocycles. The predicted molar refractivity (Wildman–Crippen MR) is 110 cm³/mol. The molecule has 1 aromatic heterocycles. The number of amidine groups is 1. The van der Waals surface area contributed by atoms with Gasteiger partial charge in [-0.3, -0.25) is 19.3 Å². The van der Waals surface area contributed by atoms with E-state index < -0.39 is 16.0 Å². The van der Waals surface area contributed by atoms with Crippen LogP contribution in [-0.2, 0) is 19.6 Å². The van der Waals surface area contributed by atoms with Gasteiger partial charge in [-0.1, -0.05) is 30.3 Å². The molecule has 0 bridgehead atoms. The van der Waals surface area contributed by atoms with Gasteiger partial charge in [-0.25, -0.2) is 8.42 Å². The molecule has 0 saturated heterocycles. The number of thiophene rings is 1. The Bertz CT molecular complexity index is 1210. The number of ether oxygens (including phenoxy) is 1. The molecular weight excluding hydrogens is 412 g/mol. The molecule has 9 heteroatoms. The number of rotatable bonds is 6. The lowest BCUT2D eigenvalue weighted by molar-refractivity contribution is -0.142. The van der Waals surface area contributed by atoms with Gasteiger partial charge >= 0.3 is 5.97 Å².